The highest BCUT2D eigenvalue weighted by atomic mass is 16.1. The third-order valence-corrected chi connectivity index (χ3v) is 2.68. The Morgan fingerprint density at radius 2 is 2.25 bits per heavy atom. The van der Waals surface area contributed by atoms with Gasteiger partial charge in [0.25, 0.3) is 5.91 Å². The maximum absolute atomic E-state index is 11.3. The summed E-state index contributed by atoms with van der Waals surface area (Å²) in [6.45, 7) is 3.90. The van der Waals surface area contributed by atoms with Gasteiger partial charge >= 0.3 is 0 Å². The maximum Gasteiger partial charge on any atom is 0.252 e. The molecular formula is C11H18N4O. The first-order chi connectivity index (χ1) is 7.81. The Bertz CT molecular complexity index is 362. The largest absolute Gasteiger partial charge is 0.355 e. The lowest BCUT2D eigenvalue weighted by atomic mass is 10.2. The topological polar surface area (TPSA) is 57.3 Å². The molecule has 5 nitrogen and oxygen atoms in total. The second kappa shape index (κ2) is 4.94. The molecule has 1 amide bonds. The van der Waals surface area contributed by atoms with Gasteiger partial charge in [-0.2, -0.15) is 0 Å². The van der Waals surface area contributed by atoms with Gasteiger partial charge in [-0.15, -0.1) is 0 Å². The van der Waals surface area contributed by atoms with Crippen molar-refractivity contribution in [2.24, 2.45) is 0 Å². The van der Waals surface area contributed by atoms with Crippen molar-refractivity contribution in [3.63, 3.8) is 0 Å². The van der Waals surface area contributed by atoms with Crippen molar-refractivity contribution in [2.75, 3.05) is 38.1 Å². The van der Waals surface area contributed by atoms with Crippen LogP contribution >= 0.6 is 0 Å². The van der Waals surface area contributed by atoms with E-state index in [1.54, 1.807) is 13.2 Å². The molecule has 0 unspecified atom stereocenters. The van der Waals surface area contributed by atoms with Crippen LogP contribution in [0.4, 0.5) is 5.82 Å². The smallest absolute Gasteiger partial charge is 0.252 e. The molecule has 1 fully saturated rings. The Kier molecular flexibility index (Phi) is 3.36. The number of anilines is 1. The highest BCUT2D eigenvalue weighted by Gasteiger charge is 2.12. The van der Waals surface area contributed by atoms with Gasteiger partial charge in [-0.3, -0.25) is 4.79 Å². The summed E-state index contributed by atoms with van der Waals surface area (Å²) < 4.78 is 0. The van der Waals surface area contributed by atoms with Crippen LogP contribution in [-0.2, 0) is 0 Å². The number of aromatic nitrogens is 1. The molecule has 0 aromatic carbocycles. The molecule has 0 aliphatic carbocycles. The highest BCUT2D eigenvalue weighted by molar-refractivity contribution is 5.93. The Labute approximate surface area is 96.3 Å². The van der Waals surface area contributed by atoms with E-state index < -0.39 is 0 Å². The zero-order valence-electron chi connectivity index (χ0n) is 9.36. The van der Waals surface area contributed by atoms with E-state index in [-0.39, 0.29) is 7.33 Å². The number of carbonyl (C=O) groups is 1. The van der Waals surface area contributed by atoms with Crippen LogP contribution in [0.2, 0.25) is 0 Å². The van der Waals surface area contributed by atoms with Crippen LogP contribution in [0.3, 0.4) is 0 Å². The average Bonchev–Trinajstić information content (AvgIpc) is 2.39. The summed E-state index contributed by atoms with van der Waals surface area (Å²) in [5.74, 6) is 0.841. The normalized spacial score (nSPS) is 15.9. The molecule has 2 heterocycles. The van der Waals surface area contributed by atoms with Crippen LogP contribution < -0.4 is 15.5 Å². The van der Waals surface area contributed by atoms with E-state index in [0.717, 1.165) is 32.0 Å². The van der Waals surface area contributed by atoms with Crippen molar-refractivity contribution < 1.29 is 6.22 Å². The first kappa shape index (κ1) is 10.9. The number of hydrogen-bond acceptors (Lipinski definition) is 4. The Morgan fingerprint density at radius 3 is 2.81 bits per heavy atom. The minimum atomic E-state index is -0.0978. The summed E-state index contributed by atoms with van der Waals surface area (Å²) in [5.41, 5.74) is 0.599. The average molecular weight is 222 g/mol. The van der Waals surface area contributed by atoms with Crippen LogP contribution in [-0.4, -0.2) is 44.1 Å². The summed E-state index contributed by atoms with van der Waals surface area (Å²) in [4.78, 5) is 17.8. The predicted molar refractivity (Wildman–Crippen MR) is 64.8 cm³/mol. The van der Waals surface area contributed by atoms with Gasteiger partial charge in [-0.05, 0) is 12.1 Å². The lowest BCUT2D eigenvalue weighted by Gasteiger charge is -2.28. The summed E-state index contributed by atoms with van der Waals surface area (Å²) in [5, 5.41) is 5.87. The third kappa shape index (κ3) is 2.30. The van der Waals surface area contributed by atoms with Gasteiger partial charge in [0.2, 0.25) is 0 Å². The molecule has 0 radical (unpaired) electrons. The van der Waals surface area contributed by atoms with E-state index in [1.807, 2.05) is 12.1 Å². The summed E-state index contributed by atoms with van der Waals surface area (Å²) in [6.07, 6.45) is 1.62. The fourth-order valence-electron chi connectivity index (χ4n) is 1.75. The van der Waals surface area contributed by atoms with E-state index in [0.29, 0.717) is 5.56 Å². The van der Waals surface area contributed by atoms with Gasteiger partial charge in [0, 0.05) is 40.9 Å². The van der Waals surface area contributed by atoms with Gasteiger partial charge < -0.3 is 15.5 Å². The number of amides is 1. The molecule has 5 heteroatoms. The first-order valence-electron chi connectivity index (χ1n) is 5.45. The quantitative estimate of drug-likeness (QED) is 0.745. The number of nitrogens with zero attached hydrogens (tertiary/aromatic N) is 2. The van der Waals surface area contributed by atoms with Crippen molar-refractivity contribution in [1.82, 2.24) is 15.6 Å². The lowest BCUT2D eigenvalue weighted by Crippen LogP contribution is -2.43. The lowest BCUT2D eigenvalue weighted by molar-refractivity contribution is 0.0963. The van der Waals surface area contributed by atoms with Crippen LogP contribution in [0.1, 0.15) is 11.8 Å². The summed E-state index contributed by atoms with van der Waals surface area (Å²) >= 11 is 0. The van der Waals surface area contributed by atoms with Gasteiger partial charge in [0.15, 0.2) is 0 Å². The molecule has 1 aromatic heterocycles. The Balaban J connectivity index is 0.00000144. The number of rotatable bonds is 2. The molecule has 0 saturated carbocycles. The zero-order chi connectivity index (χ0) is 11.4. The number of pyridine rings is 1. The SMILES string of the molecule is CNC(=O)c1ccc(N2CCNCC2)nc1.[HH]. The van der Waals surface area contributed by atoms with E-state index in [1.165, 1.54) is 0 Å². The highest BCUT2D eigenvalue weighted by Crippen LogP contribution is 2.11. The molecule has 1 saturated heterocycles. The van der Waals surface area contributed by atoms with Gasteiger partial charge in [-0.1, -0.05) is 0 Å². The van der Waals surface area contributed by atoms with Crippen molar-refractivity contribution in [2.45, 2.75) is 0 Å². The van der Waals surface area contributed by atoms with Crippen LogP contribution in [0.15, 0.2) is 18.3 Å². The Morgan fingerprint density at radius 1 is 1.50 bits per heavy atom. The molecule has 2 N–H and O–H groups in total. The maximum atomic E-state index is 11.3. The Hall–Kier alpha value is -1.62. The van der Waals surface area contributed by atoms with Gasteiger partial charge in [0.05, 0.1) is 5.56 Å². The standard InChI is InChI=1S/C11H16N4O.H2/c1-12-11(16)9-2-3-10(14-8-9)15-6-4-13-5-7-15;/h2-3,8,13H,4-7H2,1H3,(H,12,16);1H. The molecule has 1 aliphatic heterocycles. The molecule has 2 rings (SSSR count). The van der Waals surface area contributed by atoms with Crippen LogP contribution in [0.25, 0.3) is 0 Å². The van der Waals surface area contributed by atoms with E-state index in [9.17, 15) is 4.79 Å². The third-order valence-electron chi connectivity index (χ3n) is 2.68. The number of carbonyl (C=O) groups excluding carboxylic acids is 1. The molecule has 0 atom stereocenters. The van der Waals surface area contributed by atoms with E-state index in [4.69, 9.17) is 0 Å². The first-order valence-corrected chi connectivity index (χ1v) is 5.45. The van der Waals surface area contributed by atoms with Crippen LogP contribution in [0.5, 0.6) is 0 Å². The van der Waals surface area contributed by atoms with E-state index >= 15 is 0 Å². The number of piperazine rings is 1. The van der Waals surface area contributed by atoms with Crippen molar-refractivity contribution in [3.05, 3.63) is 23.9 Å². The fourth-order valence-corrected chi connectivity index (χ4v) is 1.75. The second-order valence-corrected chi connectivity index (χ2v) is 3.72. The minimum absolute atomic E-state index is 0. The summed E-state index contributed by atoms with van der Waals surface area (Å²) in [7, 11) is 1.62. The van der Waals surface area contributed by atoms with Gasteiger partial charge in [0.1, 0.15) is 5.82 Å². The summed E-state index contributed by atoms with van der Waals surface area (Å²) in [6, 6.07) is 3.71. The monoisotopic (exact) mass is 222 g/mol. The molecule has 0 bridgehead atoms. The molecule has 16 heavy (non-hydrogen) atoms. The van der Waals surface area contributed by atoms with Crippen LogP contribution in [0, 0.1) is 0 Å². The molecular weight excluding hydrogens is 204 g/mol. The molecule has 1 aromatic rings. The minimum Gasteiger partial charge on any atom is -0.355 e. The molecule has 0 spiro atoms. The van der Waals surface area contributed by atoms with E-state index in [2.05, 4.69) is 20.5 Å². The van der Waals surface area contributed by atoms with Crippen molar-refractivity contribution in [3.8, 4) is 0 Å². The predicted octanol–water partition coefficient (Wildman–Crippen LogP) is 0.0968. The molecule has 1 aliphatic rings. The van der Waals surface area contributed by atoms with Crippen molar-refractivity contribution in [1.29, 1.82) is 0 Å². The zero-order valence-corrected chi connectivity index (χ0v) is 9.36. The number of nitrogens with one attached hydrogen (secondary N) is 2. The second-order valence-electron chi connectivity index (χ2n) is 3.72. The molecule has 88 valence electrons. The van der Waals surface area contributed by atoms with Gasteiger partial charge in [-0.25, -0.2) is 4.98 Å². The fraction of sp³-hybridized carbons (Fsp3) is 0.455. The van der Waals surface area contributed by atoms with Crippen molar-refractivity contribution >= 4 is 11.7 Å². The number of hydrogen-bond donors (Lipinski definition) is 2.